The maximum Gasteiger partial charge on any atom is 0.0929 e. The Morgan fingerprint density at radius 1 is 1.15 bits per heavy atom. The molecule has 1 aliphatic carbocycles. The fraction of sp³-hybridized carbons (Fsp3) is 0.500. The van der Waals surface area contributed by atoms with E-state index in [0.29, 0.717) is 6.61 Å². The van der Waals surface area contributed by atoms with E-state index in [9.17, 15) is 0 Å². The van der Waals surface area contributed by atoms with E-state index < -0.39 is 0 Å². The van der Waals surface area contributed by atoms with Gasteiger partial charge in [-0.15, -0.1) is 0 Å². The summed E-state index contributed by atoms with van der Waals surface area (Å²) in [7, 11) is 0. The van der Waals surface area contributed by atoms with E-state index in [4.69, 9.17) is 4.74 Å². The van der Waals surface area contributed by atoms with Crippen LogP contribution >= 0.6 is 0 Å². The Labute approximate surface area is 160 Å². The van der Waals surface area contributed by atoms with Crippen LogP contribution in [0.4, 0.5) is 0 Å². The van der Waals surface area contributed by atoms with Gasteiger partial charge in [-0.05, 0) is 62.4 Å². The third kappa shape index (κ3) is 8.53. The minimum Gasteiger partial charge on any atom is -0.498 e. The smallest absolute Gasteiger partial charge is 0.0929 e. The number of hydrogen-bond acceptors (Lipinski definition) is 2. The summed E-state index contributed by atoms with van der Waals surface area (Å²) in [6.45, 7) is 8.87. The van der Waals surface area contributed by atoms with Gasteiger partial charge in [0, 0.05) is 6.42 Å². The number of ether oxygens (including phenoxy) is 1. The van der Waals surface area contributed by atoms with Gasteiger partial charge in [-0.25, -0.2) is 0 Å². The van der Waals surface area contributed by atoms with Crippen LogP contribution in [-0.4, -0.2) is 19.7 Å². The molecule has 1 aromatic carbocycles. The average molecular weight is 354 g/mol. The molecule has 0 aliphatic heterocycles. The average Bonchev–Trinajstić information content (AvgIpc) is 2.69. The second-order valence-corrected chi connectivity index (χ2v) is 7.27. The summed E-state index contributed by atoms with van der Waals surface area (Å²) in [5.41, 5.74) is 2.57. The summed E-state index contributed by atoms with van der Waals surface area (Å²) < 4.78 is 5.81. The minimum absolute atomic E-state index is 0.715. The van der Waals surface area contributed by atoms with Crippen LogP contribution in [0.2, 0.25) is 0 Å². The van der Waals surface area contributed by atoms with Crippen molar-refractivity contribution >= 4 is 0 Å². The van der Waals surface area contributed by atoms with Gasteiger partial charge >= 0.3 is 0 Å². The van der Waals surface area contributed by atoms with Crippen molar-refractivity contribution in [2.45, 2.75) is 51.9 Å². The number of rotatable bonds is 11. The highest BCUT2D eigenvalue weighted by Gasteiger charge is 2.12. The van der Waals surface area contributed by atoms with E-state index in [1.54, 1.807) is 0 Å². The Bertz CT molecular complexity index is 567. The van der Waals surface area contributed by atoms with Crippen molar-refractivity contribution in [3.05, 3.63) is 72.0 Å². The minimum atomic E-state index is 0.715. The molecular formula is C24H35NO. The van der Waals surface area contributed by atoms with E-state index >= 15 is 0 Å². The predicted octanol–water partition coefficient (Wildman–Crippen LogP) is 5.82. The topological polar surface area (TPSA) is 21.3 Å². The van der Waals surface area contributed by atoms with Gasteiger partial charge in [-0.2, -0.15) is 0 Å². The van der Waals surface area contributed by atoms with E-state index in [0.717, 1.165) is 31.1 Å². The summed E-state index contributed by atoms with van der Waals surface area (Å²) in [5.74, 6) is 1.84. The Balaban J connectivity index is 1.64. The first-order valence-corrected chi connectivity index (χ1v) is 10.2. The molecule has 0 spiro atoms. The quantitative estimate of drug-likeness (QED) is 0.307. The first-order chi connectivity index (χ1) is 12.8. The zero-order valence-electron chi connectivity index (χ0n) is 16.4. The molecule has 1 saturated carbocycles. The molecule has 0 amide bonds. The molecule has 2 heteroatoms. The number of hydrogen-bond donors (Lipinski definition) is 1. The van der Waals surface area contributed by atoms with E-state index in [1.165, 1.54) is 49.8 Å². The zero-order valence-corrected chi connectivity index (χ0v) is 16.4. The van der Waals surface area contributed by atoms with Gasteiger partial charge in [-0.3, -0.25) is 0 Å². The van der Waals surface area contributed by atoms with E-state index in [-0.39, 0.29) is 0 Å². The van der Waals surface area contributed by atoms with E-state index in [1.807, 2.05) is 19.1 Å². The van der Waals surface area contributed by atoms with Crippen molar-refractivity contribution in [2.24, 2.45) is 5.92 Å². The fourth-order valence-electron chi connectivity index (χ4n) is 3.43. The lowest BCUT2D eigenvalue weighted by Gasteiger charge is -2.21. The molecule has 0 heterocycles. The van der Waals surface area contributed by atoms with Crippen molar-refractivity contribution in [3.63, 3.8) is 0 Å². The first kappa shape index (κ1) is 20.5. The highest BCUT2D eigenvalue weighted by molar-refractivity contribution is 5.23. The molecule has 0 radical (unpaired) electrons. The first-order valence-electron chi connectivity index (χ1n) is 10.2. The summed E-state index contributed by atoms with van der Waals surface area (Å²) in [4.78, 5) is 0. The molecule has 1 fully saturated rings. The molecule has 142 valence electrons. The Morgan fingerprint density at radius 3 is 2.65 bits per heavy atom. The van der Waals surface area contributed by atoms with Crippen LogP contribution in [0.3, 0.4) is 0 Å². The van der Waals surface area contributed by atoms with Gasteiger partial charge in [0.1, 0.15) is 0 Å². The highest BCUT2D eigenvalue weighted by Crippen LogP contribution is 2.22. The third-order valence-corrected chi connectivity index (χ3v) is 5.11. The predicted molar refractivity (Wildman–Crippen MR) is 112 cm³/mol. The Kier molecular flexibility index (Phi) is 9.89. The van der Waals surface area contributed by atoms with Gasteiger partial charge in [0.15, 0.2) is 0 Å². The molecule has 2 nitrogen and oxygen atoms in total. The molecule has 0 unspecified atom stereocenters. The number of allylic oxidation sites excluding steroid dienone is 4. The maximum absolute atomic E-state index is 5.81. The van der Waals surface area contributed by atoms with E-state index in [2.05, 4.69) is 48.3 Å². The van der Waals surface area contributed by atoms with Crippen LogP contribution in [-0.2, 0) is 11.2 Å². The molecule has 0 atom stereocenters. The SMILES string of the molecule is C=C/C(=C\C=C(/C)OCCc1ccccc1)CCNCC1CCCCC1. The van der Waals surface area contributed by atoms with Gasteiger partial charge in [0.05, 0.1) is 12.4 Å². The molecule has 0 aromatic heterocycles. The van der Waals surface area contributed by atoms with Crippen LogP contribution in [0.1, 0.15) is 51.0 Å². The lowest BCUT2D eigenvalue weighted by atomic mass is 9.89. The maximum atomic E-state index is 5.81. The third-order valence-electron chi connectivity index (χ3n) is 5.11. The molecule has 1 N–H and O–H groups in total. The normalized spacial score (nSPS) is 16.5. The summed E-state index contributed by atoms with van der Waals surface area (Å²) in [6.07, 6.45) is 15.2. The van der Waals surface area contributed by atoms with Crippen LogP contribution < -0.4 is 5.32 Å². The molecule has 1 aromatic rings. The van der Waals surface area contributed by atoms with Crippen LogP contribution in [0.15, 0.2) is 66.5 Å². The molecular weight excluding hydrogens is 318 g/mol. The Hall–Kier alpha value is -1.80. The number of benzene rings is 1. The van der Waals surface area contributed by atoms with Crippen molar-refractivity contribution < 1.29 is 4.74 Å². The summed E-state index contributed by atoms with van der Waals surface area (Å²) in [6, 6.07) is 10.5. The largest absolute Gasteiger partial charge is 0.498 e. The van der Waals surface area contributed by atoms with Gasteiger partial charge in [0.2, 0.25) is 0 Å². The van der Waals surface area contributed by atoms with Crippen molar-refractivity contribution in [3.8, 4) is 0 Å². The summed E-state index contributed by atoms with van der Waals surface area (Å²) in [5, 5.41) is 3.62. The lowest BCUT2D eigenvalue weighted by molar-refractivity contribution is 0.218. The second-order valence-electron chi connectivity index (χ2n) is 7.27. The van der Waals surface area contributed by atoms with Crippen LogP contribution in [0, 0.1) is 5.92 Å². The lowest BCUT2D eigenvalue weighted by Crippen LogP contribution is -2.25. The molecule has 2 rings (SSSR count). The van der Waals surface area contributed by atoms with Crippen molar-refractivity contribution in [1.29, 1.82) is 0 Å². The molecule has 0 saturated heterocycles. The van der Waals surface area contributed by atoms with Gasteiger partial charge < -0.3 is 10.1 Å². The zero-order chi connectivity index (χ0) is 18.5. The highest BCUT2D eigenvalue weighted by atomic mass is 16.5. The van der Waals surface area contributed by atoms with Crippen molar-refractivity contribution in [1.82, 2.24) is 5.32 Å². The van der Waals surface area contributed by atoms with Gasteiger partial charge in [0.25, 0.3) is 0 Å². The second kappa shape index (κ2) is 12.5. The monoisotopic (exact) mass is 353 g/mol. The van der Waals surface area contributed by atoms with Crippen LogP contribution in [0.25, 0.3) is 0 Å². The molecule has 0 bridgehead atoms. The fourth-order valence-corrected chi connectivity index (χ4v) is 3.43. The van der Waals surface area contributed by atoms with Crippen molar-refractivity contribution in [2.75, 3.05) is 19.7 Å². The van der Waals surface area contributed by atoms with Gasteiger partial charge in [-0.1, -0.05) is 68.3 Å². The number of nitrogens with one attached hydrogen (secondary N) is 1. The van der Waals surface area contributed by atoms with Crippen LogP contribution in [0.5, 0.6) is 0 Å². The standard InChI is InChI=1S/C24H35NO/c1-3-22(16-18-25-20-24-12-8-5-9-13-24)15-14-21(2)26-19-17-23-10-6-4-7-11-23/h3-4,6-7,10-11,14-15,24-25H,1,5,8-9,12-13,16-20H2,2H3/b21-14+,22-15+. The molecule has 1 aliphatic rings. The summed E-state index contributed by atoms with van der Waals surface area (Å²) >= 11 is 0. The molecule has 26 heavy (non-hydrogen) atoms. The Morgan fingerprint density at radius 2 is 1.92 bits per heavy atom.